The summed E-state index contributed by atoms with van der Waals surface area (Å²) in [6, 6.07) is 0. The quantitative estimate of drug-likeness (QED) is 0.580. The highest BCUT2D eigenvalue weighted by Gasteiger charge is 2.27. The van der Waals surface area contributed by atoms with E-state index >= 15 is 0 Å². The van der Waals surface area contributed by atoms with Gasteiger partial charge in [0.05, 0.1) is 3.23 Å². The van der Waals surface area contributed by atoms with Crippen molar-refractivity contribution in [2.24, 2.45) is 5.92 Å². The molecule has 0 aromatic rings. The van der Waals surface area contributed by atoms with Gasteiger partial charge in [0.1, 0.15) is 0 Å². The van der Waals surface area contributed by atoms with Crippen LogP contribution in [0.15, 0.2) is 0 Å². The van der Waals surface area contributed by atoms with Gasteiger partial charge in [-0.15, -0.1) is 0 Å². The maximum Gasteiger partial charge on any atom is 0.0805 e. The van der Waals surface area contributed by atoms with Crippen molar-refractivity contribution in [1.82, 2.24) is 0 Å². The van der Waals surface area contributed by atoms with Gasteiger partial charge in [-0.3, -0.25) is 0 Å². The van der Waals surface area contributed by atoms with Crippen molar-refractivity contribution in [3.63, 3.8) is 0 Å². The molecule has 1 rings (SSSR count). The Morgan fingerprint density at radius 1 is 1.22 bits per heavy atom. The SMILES string of the molecule is CC1CCC(Br)(Br)CC1. The van der Waals surface area contributed by atoms with Crippen molar-refractivity contribution >= 4 is 31.9 Å². The zero-order valence-electron chi connectivity index (χ0n) is 5.66. The van der Waals surface area contributed by atoms with Gasteiger partial charge in [-0.25, -0.2) is 0 Å². The molecule has 1 fully saturated rings. The van der Waals surface area contributed by atoms with Crippen LogP contribution in [0, 0.1) is 5.92 Å². The molecule has 0 atom stereocenters. The minimum atomic E-state index is 0.284. The summed E-state index contributed by atoms with van der Waals surface area (Å²) in [5.41, 5.74) is 0. The molecule has 1 saturated carbocycles. The lowest BCUT2D eigenvalue weighted by Crippen LogP contribution is -2.19. The lowest BCUT2D eigenvalue weighted by Gasteiger charge is -2.28. The fourth-order valence-corrected chi connectivity index (χ4v) is 2.10. The lowest BCUT2D eigenvalue weighted by molar-refractivity contribution is 0.384. The van der Waals surface area contributed by atoms with Crippen LogP contribution in [0.25, 0.3) is 0 Å². The number of rotatable bonds is 0. The van der Waals surface area contributed by atoms with Gasteiger partial charge in [0.15, 0.2) is 0 Å². The molecule has 0 heterocycles. The van der Waals surface area contributed by atoms with Crippen molar-refractivity contribution in [3.8, 4) is 0 Å². The van der Waals surface area contributed by atoms with Crippen molar-refractivity contribution in [2.45, 2.75) is 35.8 Å². The van der Waals surface area contributed by atoms with Crippen LogP contribution in [0.1, 0.15) is 32.6 Å². The van der Waals surface area contributed by atoms with E-state index < -0.39 is 0 Å². The minimum Gasteiger partial charge on any atom is -0.0727 e. The fourth-order valence-electron chi connectivity index (χ4n) is 1.18. The second kappa shape index (κ2) is 2.91. The van der Waals surface area contributed by atoms with Crippen molar-refractivity contribution in [2.75, 3.05) is 0 Å². The number of halogens is 2. The predicted octanol–water partition coefficient (Wildman–Crippen LogP) is 3.68. The average Bonchev–Trinajstić information content (AvgIpc) is 1.78. The number of alkyl halides is 2. The Bertz CT molecular complexity index is 89.1. The summed E-state index contributed by atoms with van der Waals surface area (Å²) in [4.78, 5) is 0. The summed E-state index contributed by atoms with van der Waals surface area (Å²) in [5, 5.41) is 0. The fraction of sp³-hybridized carbons (Fsp3) is 1.00. The van der Waals surface area contributed by atoms with E-state index in [1.54, 1.807) is 0 Å². The van der Waals surface area contributed by atoms with Gasteiger partial charge in [0.2, 0.25) is 0 Å². The first-order chi connectivity index (χ1) is 4.10. The molecular weight excluding hydrogens is 244 g/mol. The Hall–Kier alpha value is 0.960. The largest absolute Gasteiger partial charge is 0.0805 e. The summed E-state index contributed by atoms with van der Waals surface area (Å²) in [6.45, 7) is 2.33. The van der Waals surface area contributed by atoms with Crippen molar-refractivity contribution in [1.29, 1.82) is 0 Å². The Balaban J connectivity index is 2.35. The molecule has 0 amide bonds. The third kappa shape index (κ3) is 2.58. The van der Waals surface area contributed by atoms with Crippen LogP contribution in [0.2, 0.25) is 0 Å². The zero-order chi connectivity index (χ0) is 6.91. The molecule has 0 aromatic heterocycles. The summed E-state index contributed by atoms with van der Waals surface area (Å²) in [6.07, 6.45) is 5.26. The van der Waals surface area contributed by atoms with E-state index in [1.165, 1.54) is 25.7 Å². The van der Waals surface area contributed by atoms with E-state index in [-0.39, 0.29) is 3.23 Å². The second-order valence-corrected chi connectivity index (χ2v) is 7.14. The van der Waals surface area contributed by atoms with E-state index in [1.807, 2.05) is 0 Å². The van der Waals surface area contributed by atoms with Crippen LogP contribution in [0.5, 0.6) is 0 Å². The number of hydrogen-bond donors (Lipinski definition) is 0. The molecule has 1 aliphatic carbocycles. The molecule has 0 saturated heterocycles. The lowest BCUT2D eigenvalue weighted by atomic mass is 9.91. The highest BCUT2D eigenvalue weighted by molar-refractivity contribution is 9.25. The van der Waals surface area contributed by atoms with Crippen LogP contribution in [-0.4, -0.2) is 3.23 Å². The highest BCUT2D eigenvalue weighted by Crippen LogP contribution is 2.42. The molecule has 0 aliphatic heterocycles. The van der Waals surface area contributed by atoms with Gasteiger partial charge < -0.3 is 0 Å². The standard InChI is InChI=1S/C7H12Br2/c1-6-2-4-7(8,9)5-3-6/h6H,2-5H2,1H3. The van der Waals surface area contributed by atoms with Crippen molar-refractivity contribution < 1.29 is 0 Å². The van der Waals surface area contributed by atoms with E-state index in [0.717, 1.165) is 5.92 Å². The average molecular weight is 256 g/mol. The Morgan fingerprint density at radius 3 is 2.00 bits per heavy atom. The molecule has 0 bridgehead atoms. The third-order valence-corrected chi connectivity index (χ3v) is 3.59. The summed E-state index contributed by atoms with van der Waals surface area (Å²) < 4.78 is 0.284. The topological polar surface area (TPSA) is 0 Å². The molecule has 0 aromatic carbocycles. The van der Waals surface area contributed by atoms with Gasteiger partial charge in [-0.2, -0.15) is 0 Å². The van der Waals surface area contributed by atoms with Gasteiger partial charge in [0.25, 0.3) is 0 Å². The summed E-state index contributed by atoms with van der Waals surface area (Å²) in [5.74, 6) is 0.938. The maximum atomic E-state index is 3.64. The molecule has 54 valence electrons. The first kappa shape index (κ1) is 8.06. The zero-order valence-corrected chi connectivity index (χ0v) is 8.83. The van der Waals surface area contributed by atoms with E-state index in [2.05, 4.69) is 38.8 Å². The van der Waals surface area contributed by atoms with Gasteiger partial charge in [-0.1, -0.05) is 38.8 Å². The van der Waals surface area contributed by atoms with Crippen LogP contribution in [0.4, 0.5) is 0 Å². The molecule has 1 aliphatic rings. The van der Waals surface area contributed by atoms with Crippen LogP contribution in [0.3, 0.4) is 0 Å². The minimum absolute atomic E-state index is 0.284. The van der Waals surface area contributed by atoms with Crippen LogP contribution >= 0.6 is 31.9 Å². The van der Waals surface area contributed by atoms with Gasteiger partial charge in [-0.05, 0) is 31.6 Å². The molecule has 2 heteroatoms. The molecule has 0 spiro atoms. The molecular formula is C7H12Br2. The maximum absolute atomic E-state index is 3.64. The molecule has 0 nitrogen and oxygen atoms in total. The predicted molar refractivity (Wildman–Crippen MR) is 48.2 cm³/mol. The second-order valence-electron chi connectivity index (χ2n) is 3.04. The normalized spacial score (nSPS) is 28.3. The van der Waals surface area contributed by atoms with E-state index in [4.69, 9.17) is 0 Å². The summed E-state index contributed by atoms with van der Waals surface area (Å²) >= 11 is 7.27. The van der Waals surface area contributed by atoms with Crippen LogP contribution in [-0.2, 0) is 0 Å². The van der Waals surface area contributed by atoms with Gasteiger partial charge in [0, 0.05) is 0 Å². The smallest absolute Gasteiger partial charge is 0.0727 e. The molecule has 0 unspecified atom stereocenters. The molecule has 0 N–H and O–H groups in total. The van der Waals surface area contributed by atoms with Crippen molar-refractivity contribution in [3.05, 3.63) is 0 Å². The highest BCUT2D eigenvalue weighted by atomic mass is 79.9. The number of hydrogen-bond acceptors (Lipinski definition) is 0. The Morgan fingerprint density at radius 2 is 1.67 bits per heavy atom. The third-order valence-electron chi connectivity index (χ3n) is 2.01. The molecule has 9 heavy (non-hydrogen) atoms. The van der Waals surface area contributed by atoms with Crippen LogP contribution < -0.4 is 0 Å². The van der Waals surface area contributed by atoms with E-state index in [9.17, 15) is 0 Å². The van der Waals surface area contributed by atoms with E-state index in [0.29, 0.717) is 0 Å². The summed E-state index contributed by atoms with van der Waals surface area (Å²) in [7, 11) is 0. The molecule has 0 radical (unpaired) electrons. The monoisotopic (exact) mass is 254 g/mol. The Kier molecular flexibility index (Phi) is 2.61. The Labute approximate surface area is 73.7 Å². The first-order valence-corrected chi connectivity index (χ1v) is 5.06. The van der Waals surface area contributed by atoms with Gasteiger partial charge >= 0.3 is 0 Å². The first-order valence-electron chi connectivity index (χ1n) is 3.48.